The molecule has 0 saturated heterocycles. The highest BCUT2D eigenvalue weighted by atomic mass is 35.5. The van der Waals surface area contributed by atoms with Crippen LogP contribution < -0.4 is 0 Å². The van der Waals surface area contributed by atoms with E-state index in [-0.39, 0.29) is 6.04 Å². The van der Waals surface area contributed by atoms with Gasteiger partial charge in [-0.1, -0.05) is 29.8 Å². The fourth-order valence-electron chi connectivity index (χ4n) is 3.03. The quantitative estimate of drug-likeness (QED) is 0.652. The Morgan fingerprint density at radius 2 is 1.92 bits per heavy atom. The molecular formula is C16H18ClNO6S2. The molecule has 1 aliphatic rings. The van der Waals surface area contributed by atoms with Crippen molar-refractivity contribution >= 4 is 39.3 Å². The van der Waals surface area contributed by atoms with E-state index in [4.69, 9.17) is 29.1 Å². The zero-order chi connectivity index (χ0) is 19.5. The van der Waals surface area contributed by atoms with E-state index in [2.05, 4.69) is 18.4 Å². The Hall–Kier alpha value is -1.49. The molecule has 1 aliphatic heterocycles. The molecular weight excluding hydrogens is 402 g/mol. The van der Waals surface area contributed by atoms with Crippen molar-refractivity contribution in [2.45, 2.75) is 25.4 Å². The molecule has 0 bridgehead atoms. The summed E-state index contributed by atoms with van der Waals surface area (Å²) in [5.41, 5.74) is 1.90. The van der Waals surface area contributed by atoms with Gasteiger partial charge in [0.05, 0.1) is 0 Å². The standard InChI is InChI=1S/C16H16ClNO2S.H2O4S/c1-10-11-7-9-21-14(11)6-8-18(10)15(16(19)20)12-4-2-3-5-13(12)17;1-5(2,3)4/h2-5,7,9-10,15H,6,8H2,1H3,(H,19,20);(H2,1,2,3,4)/t10?,15-;/m0./s1. The average molecular weight is 420 g/mol. The Morgan fingerprint density at radius 3 is 2.50 bits per heavy atom. The van der Waals surface area contributed by atoms with E-state index in [9.17, 15) is 9.90 Å². The first-order chi connectivity index (χ1) is 12.1. The van der Waals surface area contributed by atoms with E-state index < -0.39 is 22.4 Å². The third-order valence-corrected chi connectivity index (χ3v) is 5.43. The highest BCUT2D eigenvalue weighted by molar-refractivity contribution is 7.79. The summed E-state index contributed by atoms with van der Waals surface area (Å²) < 4.78 is 31.6. The largest absolute Gasteiger partial charge is 0.480 e. The number of fused-ring (bicyclic) bond motifs is 1. The van der Waals surface area contributed by atoms with E-state index in [1.54, 1.807) is 23.5 Å². The van der Waals surface area contributed by atoms with Gasteiger partial charge in [0.2, 0.25) is 0 Å². The molecule has 2 atom stereocenters. The Labute approximate surface area is 160 Å². The first kappa shape index (κ1) is 20.8. The topological polar surface area (TPSA) is 115 Å². The second-order valence-corrected chi connectivity index (χ2v) is 7.98. The van der Waals surface area contributed by atoms with Gasteiger partial charge >= 0.3 is 16.4 Å². The second kappa shape index (κ2) is 8.47. The molecule has 1 aromatic carbocycles. The summed E-state index contributed by atoms with van der Waals surface area (Å²) in [5.74, 6) is -0.853. The van der Waals surface area contributed by atoms with E-state index in [1.807, 2.05) is 17.0 Å². The maximum absolute atomic E-state index is 11.8. The minimum absolute atomic E-state index is 0.0809. The number of aliphatic carboxylic acids is 1. The van der Waals surface area contributed by atoms with Crippen molar-refractivity contribution in [3.05, 3.63) is 56.7 Å². The zero-order valence-corrected chi connectivity index (χ0v) is 16.1. The Morgan fingerprint density at radius 1 is 1.31 bits per heavy atom. The lowest BCUT2D eigenvalue weighted by atomic mass is 9.96. The lowest BCUT2D eigenvalue weighted by molar-refractivity contribution is -0.144. The van der Waals surface area contributed by atoms with E-state index in [1.165, 1.54) is 10.4 Å². The van der Waals surface area contributed by atoms with Crippen molar-refractivity contribution in [3.63, 3.8) is 0 Å². The van der Waals surface area contributed by atoms with Gasteiger partial charge in [0.1, 0.15) is 6.04 Å². The van der Waals surface area contributed by atoms with Crippen LogP contribution in [0.2, 0.25) is 5.02 Å². The van der Waals surface area contributed by atoms with Crippen LogP contribution in [0.15, 0.2) is 35.7 Å². The van der Waals surface area contributed by atoms with Crippen LogP contribution in [-0.4, -0.2) is 40.0 Å². The van der Waals surface area contributed by atoms with Gasteiger partial charge in [-0.05, 0) is 42.0 Å². The summed E-state index contributed by atoms with van der Waals surface area (Å²) in [6.45, 7) is 2.80. The second-order valence-electron chi connectivity index (χ2n) is 5.67. The van der Waals surface area contributed by atoms with Gasteiger partial charge in [0.15, 0.2) is 0 Å². The van der Waals surface area contributed by atoms with Gasteiger partial charge in [0, 0.05) is 22.5 Å². The van der Waals surface area contributed by atoms with Gasteiger partial charge in [-0.25, -0.2) is 0 Å². The summed E-state index contributed by atoms with van der Waals surface area (Å²) in [6, 6.07) is 8.68. The molecule has 10 heteroatoms. The van der Waals surface area contributed by atoms with Crippen LogP contribution in [0, 0.1) is 0 Å². The number of carboxylic acids is 1. The summed E-state index contributed by atoms with van der Waals surface area (Å²) >= 11 is 7.97. The van der Waals surface area contributed by atoms with E-state index in [0.29, 0.717) is 10.6 Å². The first-order valence-corrected chi connectivity index (χ1v) is 10.2. The number of thiophene rings is 1. The van der Waals surface area contributed by atoms with Gasteiger partial charge in [-0.2, -0.15) is 8.42 Å². The molecule has 2 heterocycles. The lowest BCUT2D eigenvalue weighted by Gasteiger charge is -2.38. The number of nitrogens with zero attached hydrogens (tertiary/aromatic N) is 1. The maximum atomic E-state index is 11.8. The smallest absolute Gasteiger partial charge is 0.394 e. The molecule has 2 aromatic rings. The molecule has 0 amide bonds. The lowest BCUT2D eigenvalue weighted by Crippen LogP contribution is -2.40. The van der Waals surface area contributed by atoms with Gasteiger partial charge < -0.3 is 5.11 Å². The number of hydrogen-bond acceptors (Lipinski definition) is 5. The van der Waals surface area contributed by atoms with Crippen LogP contribution in [0.5, 0.6) is 0 Å². The summed E-state index contributed by atoms with van der Waals surface area (Å²) in [7, 11) is -4.67. The molecule has 0 spiro atoms. The molecule has 3 rings (SSSR count). The minimum atomic E-state index is -4.67. The van der Waals surface area contributed by atoms with Crippen LogP contribution in [0.4, 0.5) is 0 Å². The summed E-state index contributed by atoms with van der Waals surface area (Å²) in [6.07, 6.45) is 0.894. The zero-order valence-electron chi connectivity index (χ0n) is 13.7. The Kier molecular flexibility index (Phi) is 6.78. The molecule has 142 valence electrons. The average Bonchev–Trinajstić information content (AvgIpc) is 2.99. The third-order valence-electron chi connectivity index (χ3n) is 4.09. The van der Waals surface area contributed by atoms with Crippen LogP contribution in [0.25, 0.3) is 0 Å². The van der Waals surface area contributed by atoms with E-state index >= 15 is 0 Å². The predicted octanol–water partition coefficient (Wildman–Crippen LogP) is 3.49. The number of rotatable bonds is 3. The van der Waals surface area contributed by atoms with Crippen LogP contribution >= 0.6 is 22.9 Å². The molecule has 26 heavy (non-hydrogen) atoms. The first-order valence-electron chi connectivity index (χ1n) is 7.58. The number of hydrogen-bond donors (Lipinski definition) is 3. The van der Waals surface area contributed by atoms with Crippen molar-refractivity contribution in [1.29, 1.82) is 0 Å². The van der Waals surface area contributed by atoms with Crippen molar-refractivity contribution in [1.82, 2.24) is 4.90 Å². The molecule has 0 saturated carbocycles. The van der Waals surface area contributed by atoms with Crippen LogP contribution in [0.3, 0.4) is 0 Å². The normalized spacial score (nSPS) is 18.4. The van der Waals surface area contributed by atoms with Crippen LogP contribution in [0.1, 0.15) is 35.0 Å². The Bertz CT molecular complexity index is 874. The predicted molar refractivity (Wildman–Crippen MR) is 99.2 cm³/mol. The molecule has 1 aromatic heterocycles. The molecule has 1 unspecified atom stereocenters. The monoisotopic (exact) mass is 419 g/mol. The fourth-order valence-corrected chi connectivity index (χ4v) is 4.23. The van der Waals surface area contributed by atoms with Crippen molar-refractivity contribution < 1.29 is 27.4 Å². The molecule has 0 fully saturated rings. The molecule has 0 aliphatic carbocycles. The number of halogens is 1. The van der Waals surface area contributed by atoms with Crippen molar-refractivity contribution in [2.24, 2.45) is 0 Å². The molecule has 0 radical (unpaired) electrons. The van der Waals surface area contributed by atoms with Gasteiger partial charge in [0.25, 0.3) is 0 Å². The van der Waals surface area contributed by atoms with Crippen molar-refractivity contribution in [3.8, 4) is 0 Å². The highest BCUT2D eigenvalue weighted by Crippen LogP contribution is 2.39. The summed E-state index contributed by atoms with van der Waals surface area (Å²) in [4.78, 5) is 15.2. The maximum Gasteiger partial charge on any atom is 0.394 e. The Balaban J connectivity index is 0.000000431. The number of carboxylic acid groups (broad SMARTS) is 1. The number of carbonyl (C=O) groups is 1. The SMILES string of the molecule is CC1c2ccsc2CCN1[C@H](C(=O)O)c1ccccc1Cl.O=S(=O)(O)O. The van der Waals surface area contributed by atoms with Gasteiger partial charge in [-0.3, -0.25) is 18.8 Å². The minimum Gasteiger partial charge on any atom is -0.480 e. The highest BCUT2D eigenvalue weighted by Gasteiger charge is 2.35. The van der Waals surface area contributed by atoms with Crippen LogP contribution in [-0.2, 0) is 21.6 Å². The molecule has 7 nitrogen and oxygen atoms in total. The molecule has 3 N–H and O–H groups in total. The van der Waals surface area contributed by atoms with Crippen molar-refractivity contribution in [2.75, 3.05) is 6.54 Å². The summed E-state index contributed by atoms with van der Waals surface area (Å²) in [5, 5.41) is 12.3. The fraction of sp³-hybridized carbons (Fsp3) is 0.312. The van der Waals surface area contributed by atoms with E-state index in [0.717, 1.165) is 13.0 Å². The number of benzene rings is 1. The van der Waals surface area contributed by atoms with Gasteiger partial charge in [-0.15, -0.1) is 11.3 Å². The third kappa shape index (κ3) is 5.26.